The van der Waals surface area contributed by atoms with Crippen LogP contribution in [-0.4, -0.2) is 18.3 Å². The summed E-state index contributed by atoms with van der Waals surface area (Å²) in [4.78, 5) is 17.5. The van der Waals surface area contributed by atoms with Crippen molar-refractivity contribution >= 4 is 17.4 Å². The molecule has 5 heteroatoms. The Morgan fingerprint density at radius 2 is 1.59 bits per heavy atom. The monoisotopic (exact) mass is 367 g/mol. The van der Waals surface area contributed by atoms with E-state index in [0.29, 0.717) is 24.1 Å². The van der Waals surface area contributed by atoms with Crippen LogP contribution in [0.3, 0.4) is 0 Å². The molecular weight excluding hydrogens is 338 g/mol. The number of nitrogens with zero attached hydrogens (tertiary/aromatic N) is 1. The van der Waals surface area contributed by atoms with E-state index in [1.54, 1.807) is 0 Å². The van der Waals surface area contributed by atoms with Crippen molar-refractivity contribution in [2.45, 2.75) is 46.0 Å². The number of hydrogen-bond acceptors (Lipinski definition) is 3. The second-order valence-electron chi connectivity index (χ2n) is 7.19. The van der Waals surface area contributed by atoms with Crippen LogP contribution in [0.1, 0.15) is 56.2 Å². The lowest BCUT2D eigenvalue weighted by Crippen LogP contribution is -2.21. The molecule has 0 aliphatic carbocycles. The Bertz CT molecular complexity index is 757. The van der Waals surface area contributed by atoms with Gasteiger partial charge in [-0.3, -0.25) is 4.79 Å². The third kappa shape index (κ3) is 6.13. The predicted molar refractivity (Wildman–Crippen MR) is 111 cm³/mol. The van der Waals surface area contributed by atoms with Crippen molar-refractivity contribution in [1.29, 1.82) is 0 Å². The zero-order chi connectivity index (χ0) is 19.8. The molecule has 1 amide bonds. The third-order valence-electron chi connectivity index (χ3n) is 4.24. The van der Waals surface area contributed by atoms with Crippen molar-refractivity contribution in [1.82, 2.24) is 0 Å². The topological polar surface area (TPSA) is 76.7 Å². The van der Waals surface area contributed by atoms with E-state index in [1.807, 2.05) is 48.5 Å². The number of para-hydroxylation sites is 1. The number of hydrogen-bond donors (Lipinski definition) is 2. The van der Waals surface area contributed by atoms with Gasteiger partial charge in [0, 0.05) is 12.1 Å². The standard InChI is InChI=1S/C22H29N3O2/c1-15(2)18-11-8-12-19(16(3)4)22(18)24-21(26)14-27-25-20(23)13-17-9-6-5-7-10-17/h5-12,15-16H,13-14H2,1-4H3,(H2,23,25)(H,24,26). The van der Waals surface area contributed by atoms with Crippen molar-refractivity contribution < 1.29 is 9.63 Å². The summed E-state index contributed by atoms with van der Waals surface area (Å²) >= 11 is 0. The maximum absolute atomic E-state index is 12.4. The van der Waals surface area contributed by atoms with Crippen LogP contribution < -0.4 is 11.1 Å². The first-order valence-corrected chi connectivity index (χ1v) is 9.29. The summed E-state index contributed by atoms with van der Waals surface area (Å²) in [7, 11) is 0. The predicted octanol–water partition coefficient (Wildman–Crippen LogP) is 4.40. The van der Waals surface area contributed by atoms with Crippen LogP contribution in [0, 0.1) is 0 Å². The number of amides is 1. The molecule has 2 aromatic carbocycles. The highest BCUT2D eigenvalue weighted by Crippen LogP contribution is 2.32. The number of carbonyl (C=O) groups is 1. The Hall–Kier alpha value is -2.82. The van der Waals surface area contributed by atoms with E-state index in [1.165, 1.54) is 0 Å². The largest absolute Gasteiger partial charge is 0.384 e. The SMILES string of the molecule is CC(C)c1cccc(C(C)C)c1NC(=O)CO/N=C(/N)Cc1ccccc1. The number of nitrogens with two attached hydrogens (primary N) is 1. The molecule has 0 radical (unpaired) electrons. The van der Waals surface area contributed by atoms with E-state index in [9.17, 15) is 4.79 Å². The maximum atomic E-state index is 12.4. The summed E-state index contributed by atoms with van der Waals surface area (Å²) in [6.07, 6.45) is 0.482. The Kier molecular flexibility index (Phi) is 7.41. The van der Waals surface area contributed by atoms with Gasteiger partial charge in [-0.05, 0) is 28.5 Å². The molecule has 2 rings (SSSR count). The molecule has 144 valence electrons. The Morgan fingerprint density at radius 1 is 1.00 bits per heavy atom. The molecule has 0 aromatic heterocycles. The molecule has 0 atom stereocenters. The third-order valence-corrected chi connectivity index (χ3v) is 4.24. The first-order chi connectivity index (χ1) is 12.9. The van der Waals surface area contributed by atoms with Gasteiger partial charge in [-0.25, -0.2) is 0 Å². The average Bonchev–Trinajstić information content (AvgIpc) is 2.62. The second kappa shape index (κ2) is 9.76. The minimum absolute atomic E-state index is 0.181. The van der Waals surface area contributed by atoms with Gasteiger partial charge in [-0.1, -0.05) is 81.4 Å². The van der Waals surface area contributed by atoms with Crippen LogP contribution in [-0.2, 0) is 16.1 Å². The van der Waals surface area contributed by atoms with Gasteiger partial charge in [0.15, 0.2) is 6.61 Å². The van der Waals surface area contributed by atoms with Gasteiger partial charge in [-0.15, -0.1) is 0 Å². The fraction of sp³-hybridized carbons (Fsp3) is 0.364. The number of benzene rings is 2. The lowest BCUT2D eigenvalue weighted by atomic mass is 9.92. The van der Waals surface area contributed by atoms with Gasteiger partial charge in [-0.2, -0.15) is 0 Å². The minimum Gasteiger partial charge on any atom is -0.384 e. The summed E-state index contributed by atoms with van der Waals surface area (Å²) in [6.45, 7) is 8.26. The van der Waals surface area contributed by atoms with E-state index in [-0.39, 0.29) is 12.5 Å². The number of nitrogens with one attached hydrogen (secondary N) is 1. The van der Waals surface area contributed by atoms with Crippen molar-refractivity contribution in [2.75, 3.05) is 11.9 Å². The zero-order valence-corrected chi connectivity index (χ0v) is 16.5. The minimum atomic E-state index is -0.249. The number of carbonyl (C=O) groups excluding carboxylic acids is 1. The Labute approximate surface area is 161 Å². The number of anilines is 1. The number of amidine groups is 1. The van der Waals surface area contributed by atoms with E-state index in [2.05, 4.69) is 38.2 Å². The van der Waals surface area contributed by atoms with Crippen LogP contribution in [0.15, 0.2) is 53.7 Å². The van der Waals surface area contributed by atoms with Gasteiger partial charge in [0.1, 0.15) is 5.84 Å². The van der Waals surface area contributed by atoms with Gasteiger partial charge < -0.3 is 15.9 Å². The quantitative estimate of drug-likeness (QED) is 0.412. The normalized spacial score (nSPS) is 11.7. The van der Waals surface area contributed by atoms with Crippen LogP contribution >= 0.6 is 0 Å². The molecule has 0 fully saturated rings. The van der Waals surface area contributed by atoms with Crippen molar-refractivity contribution in [2.24, 2.45) is 10.9 Å². The highest BCUT2D eigenvalue weighted by atomic mass is 16.6. The summed E-state index contributed by atoms with van der Waals surface area (Å²) in [5, 5.41) is 6.84. The lowest BCUT2D eigenvalue weighted by molar-refractivity contribution is -0.120. The molecule has 2 aromatic rings. The molecule has 5 nitrogen and oxygen atoms in total. The molecule has 0 bridgehead atoms. The lowest BCUT2D eigenvalue weighted by Gasteiger charge is -2.20. The fourth-order valence-corrected chi connectivity index (χ4v) is 2.88. The van der Waals surface area contributed by atoms with Gasteiger partial charge in [0.25, 0.3) is 5.91 Å². The molecule has 0 saturated carbocycles. The molecular formula is C22H29N3O2. The molecule has 0 unspecified atom stereocenters. The van der Waals surface area contributed by atoms with Crippen molar-refractivity contribution in [3.63, 3.8) is 0 Å². The summed E-state index contributed by atoms with van der Waals surface area (Å²) in [5.74, 6) is 0.694. The fourth-order valence-electron chi connectivity index (χ4n) is 2.88. The Morgan fingerprint density at radius 3 is 2.15 bits per heavy atom. The van der Waals surface area contributed by atoms with Crippen molar-refractivity contribution in [3.8, 4) is 0 Å². The number of oxime groups is 1. The van der Waals surface area contributed by atoms with E-state index < -0.39 is 0 Å². The molecule has 3 N–H and O–H groups in total. The highest BCUT2D eigenvalue weighted by Gasteiger charge is 2.16. The smallest absolute Gasteiger partial charge is 0.265 e. The van der Waals surface area contributed by atoms with Gasteiger partial charge in [0.05, 0.1) is 0 Å². The van der Waals surface area contributed by atoms with E-state index in [4.69, 9.17) is 10.6 Å². The summed E-state index contributed by atoms with van der Waals surface area (Å²) in [5.41, 5.74) is 10.0. The summed E-state index contributed by atoms with van der Waals surface area (Å²) < 4.78 is 0. The van der Waals surface area contributed by atoms with Crippen LogP contribution in [0.5, 0.6) is 0 Å². The average molecular weight is 367 g/mol. The molecule has 0 spiro atoms. The van der Waals surface area contributed by atoms with Crippen LogP contribution in [0.25, 0.3) is 0 Å². The van der Waals surface area contributed by atoms with E-state index >= 15 is 0 Å². The van der Waals surface area contributed by atoms with Gasteiger partial charge >= 0.3 is 0 Å². The first kappa shape index (κ1) is 20.5. The zero-order valence-electron chi connectivity index (χ0n) is 16.5. The van der Waals surface area contributed by atoms with Crippen molar-refractivity contribution in [3.05, 3.63) is 65.2 Å². The molecule has 27 heavy (non-hydrogen) atoms. The summed E-state index contributed by atoms with van der Waals surface area (Å²) in [6, 6.07) is 15.9. The first-order valence-electron chi connectivity index (χ1n) is 9.29. The molecule has 0 saturated heterocycles. The second-order valence-corrected chi connectivity index (χ2v) is 7.19. The van der Waals surface area contributed by atoms with E-state index in [0.717, 1.165) is 22.4 Å². The molecule has 0 aliphatic heterocycles. The molecule has 0 aliphatic rings. The van der Waals surface area contributed by atoms with Crippen LogP contribution in [0.2, 0.25) is 0 Å². The van der Waals surface area contributed by atoms with Crippen LogP contribution in [0.4, 0.5) is 5.69 Å². The number of rotatable bonds is 8. The van der Waals surface area contributed by atoms with Gasteiger partial charge in [0.2, 0.25) is 0 Å². The maximum Gasteiger partial charge on any atom is 0.265 e. The molecule has 0 heterocycles. The highest BCUT2D eigenvalue weighted by molar-refractivity contribution is 5.93. The Balaban J connectivity index is 1.99.